The van der Waals surface area contributed by atoms with E-state index < -0.39 is 0 Å². The lowest BCUT2D eigenvalue weighted by molar-refractivity contribution is 0.0729. The molecular weight excluding hydrogens is 362 g/mol. The molecule has 0 saturated heterocycles. The van der Waals surface area contributed by atoms with E-state index in [1.165, 1.54) is 0 Å². The van der Waals surface area contributed by atoms with Crippen LogP contribution >= 0.6 is 0 Å². The second-order valence-electron chi connectivity index (χ2n) is 7.10. The van der Waals surface area contributed by atoms with Gasteiger partial charge >= 0.3 is 0 Å². The van der Waals surface area contributed by atoms with Crippen LogP contribution in [-0.2, 0) is 13.1 Å². The summed E-state index contributed by atoms with van der Waals surface area (Å²) in [6, 6.07) is 20.9. The number of carbonyl (C=O) groups excluding carboxylic acids is 1. The second-order valence-corrected chi connectivity index (χ2v) is 7.10. The minimum atomic E-state index is -0.179. The fraction of sp³-hybridized carbons (Fsp3) is 0.125. The highest BCUT2D eigenvalue weighted by molar-refractivity contribution is 5.94. The molecule has 2 aromatic carbocycles. The molecule has 1 amide bonds. The van der Waals surface area contributed by atoms with Crippen LogP contribution in [-0.4, -0.2) is 20.8 Å². The van der Waals surface area contributed by atoms with Crippen molar-refractivity contribution in [1.82, 2.24) is 14.9 Å². The molecule has 5 nitrogen and oxygen atoms in total. The molecule has 0 aliphatic heterocycles. The van der Waals surface area contributed by atoms with Gasteiger partial charge in [-0.3, -0.25) is 14.6 Å². The molecule has 4 rings (SSSR count). The number of aryl methyl sites for hydroxylation is 1. The molecular formula is C24H21N3O2. The van der Waals surface area contributed by atoms with Crippen LogP contribution in [0.25, 0.3) is 10.9 Å². The first-order valence-electron chi connectivity index (χ1n) is 9.46. The number of fused-ring (bicyclic) bond motifs is 1. The fourth-order valence-corrected chi connectivity index (χ4v) is 3.37. The summed E-state index contributed by atoms with van der Waals surface area (Å²) >= 11 is 0. The van der Waals surface area contributed by atoms with Gasteiger partial charge in [0.05, 0.1) is 6.54 Å². The van der Waals surface area contributed by atoms with Crippen molar-refractivity contribution in [2.45, 2.75) is 20.0 Å². The maximum Gasteiger partial charge on any atom is 0.254 e. The third kappa shape index (κ3) is 4.24. The summed E-state index contributed by atoms with van der Waals surface area (Å²) in [5.74, 6) is -0.139. The second kappa shape index (κ2) is 8.10. The molecule has 0 bridgehead atoms. The van der Waals surface area contributed by atoms with Crippen LogP contribution in [0.2, 0.25) is 0 Å². The number of nitrogens with zero attached hydrogens (tertiary/aromatic N) is 2. The predicted molar refractivity (Wildman–Crippen MR) is 114 cm³/mol. The summed E-state index contributed by atoms with van der Waals surface area (Å²) in [5, 5.41) is 0.954. The summed E-state index contributed by atoms with van der Waals surface area (Å²) in [6.45, 7) is 2.64. The first kappa shape index (κ1) is 18.6. The molecule has 0 atom stereocenters. The van der Waals surface area contributed by atoms with Crippen LogP contribution < -0.4 is 5.56 Å². The third-order valence-electron chi connectivity index (χ3n) is 4.87. The van der Waals surface area contributed by atoms with E-state index in [1.54, 1.807) is 29.4 Å². The highest BCUT2D eigenvalue weighted by atomic mass is 16.2. The predicted octanol–water partition coefficient (Wildman–Crippen LogP) is 4.07. The van der Waals surface area contributed by atoms with Gasteiger partial charge in [-0.05, 0) is 48.2 Å². The van der Waals surface area contributed by atoms with Crippen molar-refractivity contribution in [2.24, 2.45) is 0 Å². The van der Waals surface area contributed by atoms with Gasteiger partial charge < -0.3 is 9.88 Å². The van der Waals surface area contributed by atoms with E-state index in [9.17, 15) is 9.59 Å². The fourth-order valence-electron chi connectivity index (χ4n) is 3.37. The summed E-state index contributed by atoms with van der Waals surface area (Å²) in [7, 11) is 0. The Bertz CT molecular complexity index is 1200. The first-order valence-corrected chi connectivity index (χ1v) is 9.46. The van der Waals surface area contributed by atoms with E-state index in [1.807, 2.05) is 61.5 Å². The van der Waals surface area contributed by atoms with Crippen molar-refractivity contribution in [3.8, 4) is 0 Å². The average Bonchev–Trinajstić information content (AvgIpc) is 2.75. The lowest BCUT2D eigenvalue weighted by Gasteiger charge is -2.23. The van der Waals surface area contributed by atoms with Crippen molar-refractivity contribution in [2.75, 3.05) is 0 Å². The van der Waals surface area contributed by atoms with Crippen LogP contribution in [0.4, 0.5) is 0 Å². The molecule has 144 valence electrons. The number of rotatable bonds is 5. The monoisotopic (exact) mass is 383 g/mol. The molecule has 2 heterocycles. The molecule has 1 N–H and O–H groups in total. The van der Waals surface area contributed by atoms with Gasteiger partial charge in [0.25, 0.3) is 11.5 Å². The first-order chi connectivity index (χ1) is 14.1. The van der Waals surface area contributed by atoms with E-state index >= 15 is 0 Å². The normalized spacial score (nSPS) is 10.8. The van der Waals surface area contributed by atoms with E-state index in [4.69, 9.17) is 0 Å². The molecule has 29 heavy (non-hydrogen) atoms. The molecule has 4 aromatic rings. The Morgan fingerprint density at radius 3 is 2.48 bits per heavy atom. The highest BCUT2D eigenvalue weighted by Crippen LogP contribution is 2.17. The van der Waals surface area contributed by atoms with Crippen molar-refractivity contribution in [3.63, 3.8) is 0 Å². The Balaban J connectivity index is 1.71. The zero-order valence-electron chi connectivity index (χ0n) is 16.1. The van der Waals surface area contributed by atoms with Gasteiger partial charge in [0, 0.05) is 35.6 Å². The summed E-state index contributed by atoms with van der Waals surface area (Å²) in [6.07, 6.45) is 3.19. The zero-order valence-corrected chi connectivity index (χ0v) is 16.1. The number of amides is 1. The standard InChI is InChI=1S/C24H21N3O2/c1-17-7-8-22-20(13-17)14-21(23(28)26-22)16-27(15-18-5-3-2-4-6-18)24(29)19-9-11-25-12-10-19/h2-14H,15-16H2,1H3,(H,26,28). The van der Waals surface area contributed by atoms with Gasteiger partial charge in [-0.2, -0.15) is 0 Å². The van der Waals surface area contributed by atoms with E-state index in [2.05, 4.69) is 9.97 Å². The largest absolute Gasteiger partial charge is 0.330 e. The minimum absolute atomic E-state index is 0.139. The number of benzene rings is 2. The van der Waals surface area contributed by atoms with E-state index in [-0.39, 0.29) is 18.0 Å². The van der Waals surface area contributed by atoms with Crippen LogP contribution in [0.1, 0.15) is 27.0 Å². The topological polar surface area (TPSA) is 66.1 Å². The molecule has 5 heteroatoms. The van der Waals surface area contributed by atoms with Gasteiger partial charge in [0.15, 0.2) is 0 Å². The smallest absolute Gasteiger partial charge is 0.254 e. The van der Waals surface area contributed by atoms with Gasteiger partial charge in [-0.25, -0.2) is 0 Å². The van der Waals surface area contributed by atoms with Crippen LogP contribution in [0.5, 0.6) is 0 Å². The Morgan fingerprint density at radius 2 is 1.72 bits per heavy atom. The van der Waals surface area contributed by atoms with Gasteiger partial charge in [0.1, 0.15) is 0 Å². The maximum atomic E-state index is 13.2. The quantitative estimate of drug-likeness (QED) is 0.565. The number of H-pyrrole nitrogens is 1. The number of aromatic nitrogens is 2. The Labute approximate surface area is 168 Å². The lowest BCUT2D eigenvalue weighted by Crippen LogP contribution is -2.32. The molecule has 0 aliphatic carbocycles. The summed E-state index contributed by atoms with van der Waals surface area (Å²) in [5.41, 5.74) is 3.83. The molecule has 0 fully saturated rings. The molecule has 0 unspecified atom stereocenters. The van der Waals surface area contributed by atoms with E-state index in [0.717, 1.165) is 22.0 Å². The number of pyridine rings is 2. The van der Waals surface area contributed by atoms with Crippen molar-refractivity contribution in [1.29, 1.82) is 0 Å². The van der Waals surface area contributed by atoms with Crippen LogP contribution in [0.3, 0.4) is 0 Å². The van der Waals surface area contributed by atoms with Crippen molar-refractivity contribution < 1.29 is 4.79 Å². The number of nitrogens with one attached hydrogen (secondary N) is 1. The molecule has 0 spiro atoms. The molecule has 2 aromatic heterocycles. The SMILES string of the molecule is Cc1ccc2[nH]c(=O)c(CN(Cc3ccccc3)C(=O)c3ccncc3)cc2c1. The number of hydrogen-bond acceptors (Lipinski definition) is 3. The van der Waals surface area contributed by atoms with Gasteiger partial charge in [0.2, 0.25) is 0 Å². The van der Waals surface area contributed by atoms with Crippen molar-refractivity contribution in [3.05, 3.63) is 112 Å². The van der Waals surface area contributed by atoms with Crippen molar-refractivity contribution >= 4 is 16.8 Å². The molecule has 0 radical (unpaired) electrons. The molecule has 0 aliphatic rings. The third-order valence-corrected chi connectivity index (χ3v) is 4.87. The Morgan fingerprint density at radius 1 is 0.966 bits per heavy atom. The lowest BCUT2D eigenvalue weighted by atomic mass is 10.1. The highest BCUT2D eigenvalue weighted by Gasteiger charge is 2.18. The summed E-state index contributed by atoms with van der Waals surface area (Å²) in [4.78, 5) is 34.4. The van der Waals surface area contributed by atoms with Crippen LogP contribution in [0, 0.1) is 6.92 Å². The Kier molecular flexibility index (Phi) is 5.20. The van der Waals surface area contributed by atoms with Gasteiger partial charge in [-0.1, -0.05) is 42.0 Å². The molecule has 0 saturated carbocycles. The average molecular weight is 383 g/mol. The maximum absolute atomic E-state index is 13.2. The summed E-state index contributed by atoms with van der Waals surface area (Å²) < 4.78 is 0. The number of carbonyl (C=O) groups is 1. The van der Waals surface area contributed by atoms with Crippen LogP contribution in [0.15, 0.2) is 83.9 Å². The number of aromatic amines is 1. The van der Waals surface area contributed by atoms with Gasteiger partial charge in [-0.15, -0.1) is 0 Å². The van der Waals surface area contributed by atoms with E-state index in [0.29, 0.717) is 17.7 Å². The minimum Gasteiger partial charge on any atom is -0.330 e. The Hall–Kier alpha value is -3.73. The zero-order chi connectivity index (χ0) is 20.2. The number of hydrogen-bond donors (Lipinski definition) is 1.